The number of nitrogens with zero attached hydrogens (tertiary/aromatic N) is 2. The van der Waals surface area contributed by atoms with E-state index in [9.17, 15) is 9.59 Å². The standard InChI is InChI=1S/C24H33N3O2S/c1-14(28)25-22-26-19(13-30-22)18-7-6-16-15-5-8-20-24(3,12-10-21(29)27(20)4)17(15)9-11-23(16,18)2/h10,12-13,15-18,20H,5-9,11H2,1-4H3,(H,25,26,28)/t15-,16-,17-,18+,20+,23-,24+/m0/s1. The summed E-state index contributed by atoms with van der Waals surface area (Å²) in [5, 5.41) is 5.74. The van der Waals surface area contributed by atoms with E-state index < -0.39 is 0 Å². The van der Waals surface area contributed by atoms with Crippen molar-refractivity contribution in [3.05, 3.63) is 23.2 Å². The van der Waals surface area contributed by atoms with E-state index in [2.05, 4.69) is 30.6 Å². The molecule has 3 fully saturated rings. The maximum atomic E-state index is 12.3. The van der Waals surface area contributed by atoms with E-state index in [-0.39, 0.29) is 22.6 Å². The number of carbonyl (C=O) groups is 2. The summed E-state index contributed by atoms with van der Waals surface area (Å²) >= 11 is 1.55. The van der Waals surface area contributed by atoms with Crippen LogP contribution in [0.4, 0.5) is 5.13 Å². The molecule has 0 unspecified atom stereocenters. The molecule has 3 saturated carbocycles. The lowest BCUT2D eigenvalue weighted by Gasteiger charge is -2.60. The largest absolute Gasteiger partial charge is 0.338 e. The van der Waals surface area contributed by atoms with E-state index in [0.717, 1.165) is 23.4 Å². The number of fused-ring (bicyclic) bond motifs is 5. The highest BCUT2D eigenvalue weighted by Crippen LogP contribution is 2.67. The van der Waals surface area contributed by atoms with Crippen molar-refractivity contribution >= 4 is 28.3 Å². The summed E-state index contributed by atoms with van der Waals surface area (Å²) in [5.41, 5.74) is 1.56. The van der Waals surface area contributed by atoms with Gasteiger partial charge in [-0.1, -0.05) is 19.9 Å². The number of carbonyl (C=O) groups excluding carboxylic acids is 2. The molecule has 3 aliphatic carbocycles. The van der Waals surface area contributed by atoms with Crippen LogP contribution in [-0.4, -0.2) is 34.8 Å². The molecule has 0 bridgehead atoms. The molecule has 1 N–H and O–H groups in total. The van der Waals surface area contributed by atoms with Gasteiger partial charge in [0.15, 0.2) is 5.13 Å². The van der Waals surface area contributed by atoms with Gasteiger partial charge in [-0.2, -0.15) is 0 Å². The maximum Gasteiger partial charge on any atom is 0.246 e. The van der Waals surface area contributed by atoms with Gasteiger partial charge in [-0.3, -0.25) is 9.59 Å². The van der Waals surface area contributed by atoms with Gasteiger partial charge in [0.05, 0.1) is 5.69 Å². The van der Waals surface area contributed by atoms with E-state index in [1.165, 1.54) is 44.7 Å². The normalized spacial score (nSPS) is 42.5. The molecule has 1 aromatic heterocycles. The van der Waals surface area contributed by atoms with Crippen LogP contribution in [0.2, 0.25) is 0 Å². The van der Waals surface area contributed by atoms with Crippen molar-refractivity contribution in [1.82, 2.24) is 9.88 Å². The molecule has 0 saturated heterocycles. The highest BCUT2D eigenvalue weighted by Gasteiger charge is 2.60. The van der Waals surface area contributed by atoms with E-state index in [1.54, 1.807) is 11.3 Å². The Bertz CT molecular complexity index is 910. The number of thiazole rings is 1. The first kappa shape index (κ1) is 20.2. The fourth-order valence-corrected chi connectivity index (χ4v) is 8.69. The summed E-state index contributed by atoms with van der Waals surface area (Å²) < 4.78 is 0. The van der Waals surface area contributed by atoms with Crippen LogP contribution in [-0.2, 0) is 9.59 Å². The molecule has 5 nitrogen and oxygen atoms in total. The lowest BCUT2D eigenvalue weighted by molar-refractivity contribution is -0.138. The summed E-state index contributed by atoms with van der Waals surface area (Å²) in [6.07, 6.45) is 11.4. The van der Waals surface area contributed by atoms with Crippen molar-refractivity contribution in [2.45, 2.75) is 71.3 Å². The van der Waals surface area contributed by atoms with Gasteiger partial charge in [0.25, 0.3) is 0 Å². The summed E-state index contributed by atoms with van der Waals surface area (Å²) in [7, 11) is 1.99. The Labute approximate surface area is 183 Å². The van der Waals surface area contributed by atoms with E-state index in [0.29, 0.717) is 17.9 Å². The Hall–Kier alpha value is -1.69. The third-order valence-corrected chi connectivity index (χ3v) is 10.1. The van der Waals surface area contributed by atoms with E-state index in [1.807, 2.05) is 18.0 Å². The van der Waals surface area contributed by atoms with Gasteiger partial charge in [0.2, 0.25) is 11.8 Å². The molecular weight excluding hydrogens is 394 g/mol. The lowest BCUT2D eigenvalue weighted by atomic mass is 9.47. The van der Waals surface area contributed by atoms with Crippen LogP contribution in [0.1, 0.15) is 70.9 Å². The number of aromatic nitrogens is 1. The number of anilines is 1. The van der Waals surface area contributed by atoms with Crippen LogP contribution in [0.3, 0.4) is 0 Å². The fourth-order valence-electron chi connectivity index (χ4n) is 7.88. The monoisotopic (exact) mass is 427 g/mol. The third-order valence-electron chi connectivity index (χ3n) is 9.29. The molecule has 1 aliphatic heterocycles. The molecule has 0 aromatic carbocycles. The predicted octanol–water partition coefficient (Wildman–Crippen LogP) is 4.82. The highest BCUT2D eigenvalue weighted by atomic mass is 32.1. The van der Waals surface area contributed by atoms with Crippen LogP contribution in [0.15, 0.2) is 17.5 Å². The number of rotatable bonds is 2. The zero-order valence-corrected chi connectivity index (χ0v) is 19.3. The summed E-state index contributed by atoms with van der Waals surface area (Å²) in [4.78, 5) is 30.5. The quantitative estimate of drug-likeness (QED) is 0.736. The molecule has 5 rings (SSSR count). The molecule has 2 heterocycles. The Kier molecular flexibility index (Phi) is 4.66. The zero-order chi connectivity index (χ0) is 21.3. The average molecular weight is 428 g/mol. The average Bonchev–Trinajstić information content (AvgIpc) is 3.28. The molecule has 7 atom stereocenters. The number of likely N-dealkylation sites (N-methyl/N-ethyl adjacent to an activating group) is 1. The highest BCUT2D eigenvalue weighted by molar-refractivity contribution is 7.13. The first-order valence-corrected chi connectivity index (χ1v) is 12.3. The fraction of sp³-hybridized carbons (Fsp3) is 0.708. The zero-order valence-electron chi connectivity index (χ0n) is 18.5. The lowest BCUT2D eigenvalue weighted by Crippen LogP contribution is -2.59. The topological polar surface area (TPSA) is 62.3 Å². The summed E-state index contributed by atoms with van der Waals surface area (Å²) in [6.45, 7) is 6.45. The molecule has 6 heteroatoms. The van der Waals surface area contributed by atoms with Crippen LogP contribution < -0.4 is 5.32 Å². The van der Waals surface area contributed by atoms with Crippen LogP contribution >= 0.6 is 11.3 Å². The van der Waals surface area contributed by atoms with Gasteiger partial charge in [-0.05, 0) is 67.8 Å². The van der Waals surface area contributed by atoms with E-state index in [4.69, 9.17) is 4.98 Å². The van der Waals surface area contributed by atoms with Crippen molar-refractivity contribution in [3.8, 4) is 0 Å². The van der Waals surface area contributed by atoms with Gasteiger partial charge in [0.1, 0.15) is 0 Å². The molecule has 30 heavy (non-hydrogen) atoms. The van der Waals surface area contributed by atoms with Gasteiger partial charge in [-0.15, -0.1) is 11.3 Å². The number of hydrogen-bond acceptors (Lipinski definition) is 4. The van der Waals surface area contributed by atoms with Gasteiger partial charge in [-0.25, -0.2) is 4.98 Å². The second kappa shape index (κ2) is 6.91. The number of amides is 2. The van der Waals surface area contributed by atoms with Crippen LogP contribution in [0, 0.1) is 28.6 Å². The van der Waals surface area contributed by atoms with Gasteiger partial charge >= 0.3 is 0 Å². The van der Waals surface area contributed by atoms with Crippen molar-refractivity contribution in [1.29, 1.82) is 0 Å². The van der Waals surface area contributed by atoms with Crippen molar-refractivity contribution in [3.63, 3.8) is 0 Å². The van der Waals surface area contributed by atoms with Crippen molar-refractivity contribution in [2.24, 2.45) is 28.6 Å². The molecule has 162 valence electrons. The van der Waals surface area contributed by atoms with Crippen molar-refractivity contribution < 1.29 is 9.59 Å². The molecule has 1 aromatic rings. The Morgan fingerprint density at radius 2 is 2.00 bits per heavy atom. The Balaban J connectivity index is 1.42. The Morgan fingerprint density at radius 3 is 2.77 bits per heavy atom. The second-order valence-electron chi connectivity index (χ2n) is 10.6. The third kappa shape index (κ3) is 2.82. The minimum atomic E-state index is -0.0547. The number of hydrogen-bond donors (Lipinski definition) is 1. The predicted molar refractivity (Wildman–Crippen MR) is 119 cm³/mol. The minimum Gasteiger partial charge on any atom is -0.338 e. The molecule has 0 radical (unpaired) electrons. The first-order chi connectivity index (χ1) is 14.2. The first-order valence-electron chi connectivity index (χ1n) is 11.4. The van der Waals surface area contributed by atoms with Gasteiger partial charge in [0, 0.05) is 36.7 Å². The molecule has 0 spiro atoms. The summed E-state index contributed by atoms with van der Waals surface area (Å²) in [6, 6.07) is 0.344. The van der Waals surface area contributed by atoms with E-state index >= 15 is 0 Å². The van der Waals surface area contributed by atoms with Crippen LogP contribution in [0.5, 0.6) is 0 Å². The van der Waals surface area contributed by atoms with Gasteiger partial charge < -0.3 is 10.2 Å². The summed E-state index contributed by atoms with van der Waals surface area (Å²) in [5.74, 6) is 2.71. The Morgan fingerprint density at radius 1 is 1.20 bits per heavy atom. The van der Waals surface area contributed by atoms with Crippen molar-refractivity contribution in [2.75, 3.05) is 12.4 Å². The minimum absolute atomic E-state index is 0.0547. The molecular formula is C24H33N3O2S. The molecule has 4 aliphatic rings. The molecule has 2 amide bonds. The number of nitrogens with one attached hydrogen (secondary N) is 1. The second-order valence-corrected chi connectivity index (χ2v) is 11.4. The smallest absolute Gasteiger partial charge is 0.246 e. The van der Waals surface area contributed by atoms with Crippen LogP contribution in [0.25, 0.3) is 0 Å². The SMILES string of the molecule is CC(=O)Nc1nc([C@H]2CC[C@H]3[C@@H]4CC[C@H]5N(C)C(=O)C=C[C@]5(C)[C@H]4CC[C@]23C)cs1. The maximum absolute atomic E-state index is 12.3.